The summed E-state index contributed by atoms with van der Waals surface area (Å²) in [5.41, 5.74) is 1.93. The van der Waals surface area contributed by atoms with E-state index in [0.717, 1.165) is 11.8 Å². The van der Waals surface area contributed by atoms with Crippen molar-refractivity contribution in [3.05, 3.63) is 94.0 Å². The van der Waals surface area contributed by atoms with Crippen molar-refractivity contribution in [2.45, 2.75) is 11.4 Å². The second-order valence-electron chi connectivity index (χ2n) is 6.58. The van der Waals surface area contributed by atoms with Crippen LogP contribution in [0.4, 0.5) is 5.69 Å². The molecule has 0 heterocycles. The van der Waals surface area contributed by atoms with E-state index in [4.69, 9.17) is 0 Å². The number of carbonyl (C=O) groups excluding carboxylic acids is 2. The maximum atomic E-state index is 12.7. The molecule has 3 rings (SSSR count). The number of hydrogen-bond donors (Lipinski definition) is 2. The molecule has 2 N–H and O–H groups in total. The van der Waals surface area contributed by atoms with E-state index in [1.807, 2.05) is 6.07 Å². The number of para-hydroxylation sites is 1. The molecule has 30 heavy (non-hydrogen) atoms. The SMILES string of the molecule is CS(=O)(=O)c1ccc(CNC(=O)c2ccccc2NC(=O)c2ccccc2Br)cc1. The zero-order valence-corrected chi connectivity index (χ0v) is 18.5. The summed E-state index contributed by atoms with van der Waals surface area (Å²) in [7, 11) is -3.27. The minimum absolute atomic E-state index is 0.218. The molecule has 0 radical (unpaired) electrons. The normalized spacial score (nSPS) is 11.0. The molecule has 0 fully saturated rings. The van der Waals surface area contributed by atoms with Gasteiger partial charge in [-0.2, -0.15) is 0 Å². The number of sulfone groups is 1. The predicted octanol–water partition coefficient (Wildman–Crippen LogP) is 4.03. The molecule has 0 aromatic heterocycles. The molecule has 8 heteroatoms. The number of anilines is 1. The Morgan fingerprint density at radius 1 is 0.833 bits per heavy atom. The van der Waals surface area contributed by atoms with Gasteiger partial charge in [0, 0.05) is 17.3 Å². The minimum atomic E-state index is -3.27. The lowest BCUT2D eigenvalue weighted by Crippen LogP contribution is -2.25. The topological polar surface area (TPSA) is 92.3 Å². The third-order valence-electron chi connectivity index (χ3n) is 4.34. The summed E-state index contributed by atoms with van der Waals surface area (Å²) in [4.78, 5) is 25.5. The van der Waals surface area contributed by atoms with Gasteiger partial charge in [-0.3, -0.25) is 9.59 Å². The fraction of sp³-hybridized carbons (Fsp3) is 0.0909. The summed E-state index contributed by atoms with van der Waals surface area (Å²) in [5.74, 6) is -0.690. The molecule has 0 aliphatic rings. The second-order valence-corrected chi connectivity index (χ2v) is 9.45. The second kappa shape index (κ2) is 9.23. The highest BCUT2D eigenvalue weighted by molar-refractivity contribution is 9.10. The van der Waals surface area contributed by atoms with Crippen LogP contribution in [-0.2, 0) is 16.4 Å². The van der Waals surface area contributed by atoms with Crippen molar-refractivity contribution in [1.82, 2.24) is 5.32 Å². The summed E-state index contributed by atoms with van der Waals surface area (Å²) in [6.45, 7) is 0.218. The van der Waals surface area contributed by atoms with Gasteiger partial charge in [0.1, 0.15) is 0 Å². The molecule has 6 nitrogen and oxygen atoms in total. The molecule has 0 aliphatic carbocycles. The van der Waals surface area contributed by atoms with Gasteiger partial charge in [-0.1, -0.05) is 36.4 Å². The summed E-state index contributed by atoms with van der Waals surface area (Å²) in [5, 5.41) is 5.56. The van der Waals surface area contributed by atoms with E-state index in [9.17, 15) is 18.0 Å². The van der Waals surface area contributed by atoms with Crippen LogP contribution in [0.15, 0.2) is 82.2 Å². The zero-order chi connectivity index (χ0) is 21.7. The Labute approximate surface area is 183 Å². The van der Waals surface area contributed by atoms with E-state index in [0.29, 0.717) is 21.3 Å². The maximum Gasteiger partial charge on any atom is 0.256 e. The highest BCUT2D eigenvalue weighted by atomic mass is 79.9. The summed E-state index contributed by atoms with van der Waals surface area (Å²) in [6, 6.07) is 20.0. The van der Waals surface area contributed by atoms with E-state index < -0.39 is 9.84 Å². The molecule has 2 amide bonds. The number of amides is 2. The van der Waals surface area contributed by atoms with E-state index in [1.54, 1.807) is 54.6 Å². The van der Waals surface area contributed by atoms with Crippen molar-refractivity contribution in [2.24, 2.45) is 0 Å². The first-order valence-electron chi connectivity index (χ1n) is 8.98. The number of hydrogen-bond acceptors (Lipinski definition) is 4. The number of carbonyl (C=O) groups is 2. The van der Waals surface area contributed by atoms with Gasteiger partial charge < -0.3 is 10.6 Å². The van der Waals surface area contributed by atoms with Gasteiger partial charge in [0.05, 0.1) is 21.7 Å². The highest BCUT2D eigenvalue weighted by Crippen LogP contribution is 2.20. The Hall–Kier alpha value is -2.97. The molecule has 0 bridgehead atoms. The predicted molar refractivity (Wildman–Crippen MR) is 119 cm³/mol. The minimum Gasteiger partial charge on any atom is -0.348 e. The van der Waals surface area contributed by atoms with Crippen molar-refractivity contribution < 1.29 is 18.0 Å². The number of rotatable bonds is 6. The monoisotopic (exact) mass is 486 g/mol. The van der Waals surface area contributed by atoms with E-state index in [-0.39, 0.29) is 23.3 Å². The van der Waals surface area contributed by atoms with Gasteiger partial charge >= 0.3 is 0 Å². The molecular formula is C22H19BrN2O4S. The first-order chi connectivity index (χ1) is 14.3. The van der Waals surface area contributed by atoms with Crippen LogP contribution in [-0.4, -0.2) is 26.5 Å². The largest absolute Gasteiger partial charge is 0.348 e. The number of halogens is 1. The van der Waals surface area contributed by atoms with Crippen LogP contribution in [0.2, 0.25) is 0 Å². The van der Waals surface area contributed by atoms with Crippen molar-refractivity contribution >= 4 is 43.3 Å². The van der Waals surface area contributed by atoms with E-state index >= 15 is 0 Å². The number of nitrogens with one attached hydrogen (secondary N) is 2. The van der Waals surface area contributed by atoms with Crippen molar-refractivity contribution in [3.8, 4) is 0 Å². The fourth-order valence-electron chi connectivity index (χ4n) is 2.76. The third-order valence-corrected chi connectivity index (χ3v) is 6.16. The average molecular weight is 487 g/mol. The molecular weight excluding hydrogens is 468 g/mol. The molecule has 0 saturated carbocycles. The van der Waals surface area contributed by atoms with Crippen molar-refractivity contribution in [2.75, 3.05) is 11.6 Å². The van der Waals surface area contributed by atoms with Crippen LogP contribution < -0.4 is 10.6 Å². The van der Waals surface area contributed by atoms with Gasteiger partial charge in [-0.25, -0.2) is 8.42 Å². The van der Waals surface area contributed by atoms with Gasteiger partial charge in [0.25, 0.3) is 11.8 Å². The van der Waals surface area contributed by atoms with Crippen LogP contribution in [0.1, 0.15) is 26.3 Å². The Morgan fingerprint density at radius 3 is 2.07 bits per heavy atom. The quantitative estimate of drug-likeness (QED) is 0.549. The van der Waals surface area contributed by atoms with Crippen molar-refractivity contribution in [3.63, 3.8) is 0 Å². The summed E-state index contributed by atoms with van der Waals surface area (Å²) < 4.78 is 23.7. The average Bonchev–Trinajstić information content (AvgIpc) is 2.72. The third kappa shape index (κ3) is 5.34. The first kappa shape index (κ1) is 21.7. The Bertz CT molecular complexity index is 1190. The lowest BCUT2D eigenvalue weighted by Gasteiger charge is -2.12. The molecule has 0 atom stereocenters. The Balaban J connectivity index is 1.71. The lowest BCUT2D eigenvalue weighted by atomic mass is 10.1. The van der Waals surface area contributed by atoms with Gasteiger partial charge in [0.15, 0.2) is 9.84 Å². The van der Waals surface area contributed by atoms with Crippen LogP contribution in [0.5, 0.6) is 0 Å². The van der Waals surface area contributed by atoms with E-state index in [1.165, 1.54) is 12.1 Å². The van der Waals surface area contributed by atoms with Gasteiger partial charge in [-0.15, -0.1) is 0 Å². The van der Waals surface area contributed by atoms with Crippen LogP contribution in [0.25, 0.3) is 0 Å². The molecule has 0 saturated heterocycles. The molecule has 3 aromatic rings. The maximum absolute atomic E-state index is 12.7. The van der Waals surface area contributed by atoms with Gasteiger partial charge in [-0.05, 0) is 57.9 Å². The fourth-order valence-corrected chi connectivity index (χ4v) is 3.85. The smallest absolute Gasteiger partial charge is 0.256 e. The molecule has 154 valence electrons. The summed E-state index contributed by atoms with van der Waals surface area (Å²) in [6.07, 6.45) is 1.14. The molecule has 3 aromatic carbocycles. The Morgan fingerprint density at radius 2 is 1.43 bits per heavy atom. The van der Waals surface area contributed by atoms with Crippen LogP contribution in [0.3, 0.4) is 0 Å². The molecule has 0 aliphatic heterocycles. The Kier molecular flexibility index (Phi) is 6.69. The van der Waals surface area contributed by atoms with Crippen molar-refractivity contribution in [1.29, 1.82) is 0 Å². The number of benzene rings is 3. The van der Waals surface area contributed by atoms with Crippen LogP contribution in [0, 0.1) is 0 Å². The van der Waals surface area contributed by atoms with E-state index in [2.05, 4.69) is 26.6 Å². The summed E-state index contributed by atoms with van der Waals surface area (Å²) >= 11 is 3.35. The standard InChI is InChI=1S/C22H19BrN2O4S/c1-30(28,29)16-12-10-15(11-13-16)14-24-21(26)18-7-3-5-9-20(18)25-22(27)17-6-2-4-8-19(17)23/h2-13H,14H2,1H3,(H,24,26)(H,25,27). The lowest BCUT2D eigenvalue weighted by molar-refractivity contribution is 0.0951. The highest BCUT2D eigenvalue weighted by Gasteiger charge is 2.15. The van der Waals surface area contributed by atoms with Crippen LogP contribution >= 0.6 is 15.9 Å². The van der Waals surface area contributed by atoms with Gasteiger partial charge in [0.2, 0.25) is 0 Å². The molecule has 0 spiro atoms. The first-order valence-corrected chi connectivity index (χ1v) is 11.7. The molecule has 0 unspecified atom stereocenters. The zero-order valence-electron chi connectivity index (χ0n) is 16.1.